The van der Waals surface area contributed by atoms with E-state index in [1.54, 1.807) is 13.2 Å². The second kappa shape index (κ2) is 6.97. The van der Waals surface area contributed by atoms with Gasteiger partial charge in [0, 0.05) is 13.7 Å². The van der Waals surface area contributed by atoms with Crippen LogP contribution < -0.4 is 4.80 Å². The van der Waals surface area contributed by atoms with E-state index in [4.69, 9.17) is 16.3 Å². The van der Waals surface area contributed by atoms with E-state index < -0.39 is 10.0 Å². The van der Waals surface area contributed by atoms with Gasteiger partial charge in [0.1, 0.15) is 4.21 Å². The Bertz CT molecular complexity index is 1050. The molecule has 24 heavy (non-hydrogen) atoms. The fraction of sp³-hybridized carbons (Fsp3) is 0.267. The topological polar surface area (TPSA) is 60.7 Å². The minimum absolute atomic E-state index is 0.138. The smallest absolute Gasteiger partial charge is 0.294 e. The van der Waals surface area contributed by atoms with Gasteiger partial charge in [0.2, 0.25) is 4.80 Å². The molecular weight excluding hydrogens is 388 g/mol. The van der Waals surface area contributed by atoms with E-state index in [1.807, 2.05) is 29.7 Å². The Labute approximate surface area is 152 Å². The minimum Gasteiger partial charge on any atom is -0.383 e. The molecule has 0 unspecified atom stereocenters. The number of fused-ring (bicyclic) bond motifs is 1. The number of benzene rings is 1. The van der Waals surface area contributed by atoms with Crippen molar-refractivity contribution in [1.29, 1.82) is 0 Å². The highest BCUT2D eigenvalue weighted by Gasteiger charge is 2.17. The maximum Gasteiger partial charge on any atom is 0.294 e. The molecule has 0 saturated heterocycles. The van der Waals surface area contributed by atoms with Crippen LogP contribution >= 0.6 is 34.3 Å². The molecule has 1 aromatic carbocycles. The van der Waals surface area contributed by atoms with Crippen LogP contribution in [0.5, 0.6) is 0 Å². The van der Waals surface area contributed by atoms with E-state index in [9.17, 15) is 8.42 Å². The maximum absolute atomic E-state index is 12.5. The summed E-state index contributed by atoms with van der Waals surface area (Å²) in [5.41, 5.74) is 2.06. The van der Waals surface area contributed by atoms with Crippen molar-refractivity contribution in [3.05, 3.63) is 45.0 Å². The molecule has 0 spiro atoms. The molecule has 0 bridgehead atoms. The van der Waals surface area contributed by atoms with Gasteiger partial charge < -0.3 is 9.30 Å². The van der Waals surface area contributed by atoms with Crippen molar-refractivity contribution in [3.63, 3.8) is 0 Å². The van der Waals surface area contributed by atoms with Gasteiger partial charge in [-0.3, -0.25) is 0 Å². The molecule has 128 valence electrons. The largest absolute Gasteiger partial charge is 0.383 e. The first-order chi connectivity index (χ1) is 11.4. The van der Waals surface area contributed by atoms with E-state index in [0.717, 1.165) is 27.1 Å². The zero-order valence-electron chi connectivity index (χ0n) is 13.0. The fourth-order valence-corrected chi connectivity index (χ4v) is 6.05. The normalized spacial score (nSPS) is 13.0. The molecule has 0 N–H and O–H groups in total. The quantitative estimate of drug-likeness (QED) is 0.654. The van der Waals surface area contributed by atoms with Gasteiger partial charge in [-0.1, -0.05) is 29.0 Å². The van der Waals surface area contributed by atoms with Crippen LogP contribution in [0.15, 0.2) is 38.9 Å². The van der Waals surface area contributed by atoms with Crippen LogP contribution in [0.4, 0.5) is 0 Å². The van der Waals surface area contributed by atoms with Crippen molar-refractivity contribution in [1.82, 2.24) is 4.57 Å². The highest BCUT2D eigenvalue weighted by atomic mass is 35.5. The highest BCUT2D eigenvalue weighted by molar-refractivity contribution is 7.92. The molecular formula is C15H15ClN2O3S3. The first kappa shape index (κ1) is 17.6. The van der Waals surface area contributed by atoms with Gasteiger partial charge in [0.05, 0.1) is 21.2 Å². The van der Waals surface area contributed by atoms with E-state index in [0.29, 0.717) is 22.3 Å². The van der Waals surface area contributed by atoms with E-state index in [2.05, 4.69) is 4.40 Å². The summed E-state index contributed by atoms with van der Waals surface area (Å²) in [6.07, 6.45) is 0. The SMILES string of the molecule is COCCn1/c(=N/S(=O)(=O)c2ccc(Cl)s2)sc2cc(C)ccc21. The molecule has 0 radical (unpaired) electrons. The molecule has 0 aliphatic rings. The standard InChI is InChI=1S/C15H15ClN2O3S3/c1-10-3-4-11-12(9-10)22-15(18(11)7-8-21-2)17-24(19,20)14-6-5-13(16)23-14/h3-6,9H,7-8H2,1-2H3/b17-15-. The van der Waals surface area contributed by atoms with Crippen molar-refractivity contribution < 1.29 is 13.2 Å². The number of nitrogens with zero attached hydrogens (tertiary/aromatic N) is 2. The number of ether oxygens (including phenoxy) is 1. The minimum atomic E-state index is -3.79. The van der Waals surface area contributed by atoms with Crippen molar-refractivity contribution in [2.75, 3.05) is 13.7 Å². The van der Waals surface area contributed by atoms with Crippen molar-refractivity contribution in [3.8, 4) is 0 Å². The Morgan fingerprint density at radius 2 is 2.04 bits per heavy atom. The van der Waals surface area contributed by atoms with Crippen molar-refractivity contribution in [2.45, 2.75) is 17.7 Å². The number of methoxy groups -OCH3 is 1. The number of aryl methyl sites for hydroxylation is 1. The van der Waals surface area contributed by atoms with E-state index >= 15 is 0 Å². The van der Waals surface area contributed by atoms with Gasteiger partial charge in [-0.2, -0.15) is 8.42 Å². The fourth-order valence-electron chi connectivity index (χ4n) is 2.23. The number of halogens is 1. The van der Waals surface area contributed by atoms with Gasteiger partial charge in [0.15, 0.2) is 0 Å². The van der Waals surface area contributed by atoms with Crippen LogP contribution in [0.3, 0.4) is 0 Å². The number of aromatic nitrogens is 1. The molecule has 2 aromatic heterocycles. The highest BCUT2D eigenvalue weighted by Crippen LogP contribution is 2.27. The third kappa shape index (κ3) is 3.57. The molecule has 0 fully saturated rings. The van der Waals surface area contributed by atoms with Gasteiger partial charge >= 0.3 is 0 Å². The molecule has 3 aromatic rings. The predicted molar refractivity (Wildman–Crippen MR) is 98.5 cm³/mol. The summed E-state index contributed by atoms with van der Waals surface area (Å²) in [5.74, 6) is 0. The number of hydrogen-bond acceptors (Lipinski definition) is 5. The van der Waals surface area contributed by atoms with Gasteiger partial charge in [-0.05, 0) is 36.8 Å². The second-order valence-corrected chi connectivity index (χ2v) is 9.68. The van der Waals surface area contributed by atoms with E-state index in [1.165, 1.54) is 17.4 Å². The number of thiophene rings is 1. The van der Waals surface area contributed by atoms with Crippen LogP contribution in [-0.4, -0.2) is 26.7 Å². The molecule has 0 amide bonds. The molecule has 0 aliphatic carbocycles. The lowest BCUT2D eigenvalue weighted by Gasteiger charge is -2.04. The molecule has 3 rings (SSSR count). The Hall–Kier alpha value is -1.19. The zero-order chi connectivity index (χ0) is 17.3. The molecule has 0 atom stereocenters. The third-order valence-corrected chi connectivity index (χ3v) is 7.48. The number of sulfonamides is 1. The average molecular weight is 403 g/mol. The van der Waals surface area contributed by atoms with Crippen LogP contribution in [0.1, 0.15) is 5.56 Å². The van der Waals surface area contributed by atoms with Crippen LogP contribution in [-0.2, 0) is 21.3 Å². The molecule has 0 aliphatic heterocycles. The summed E-state index contributed by atoms with van der Waals surface area (Å²) in [4.78, 5) is 0.428. The first-order valence-corrected chi connectivity index (χ1v) is 10.5. The molecule has 2 heterocycles. The summed E-state index contributed by atoms with van der Waals surface area (Å²) >= 11 is 8.20. The lowest BCUT2D eigenvalue weighted by atomic mass is 10.2. The first-order valence-electron chi connectivity index (χ1n) is 7.06. The molecule has 5 nitrogen and oxygen atoms in total. The number of rotatable bonds is 5. The van der Waals surface area contributed by atoms with Crippen molar-refractivity contribution in [2.24, 2.45) is 4.40 Å². The Kier molecular flexibility index (Phi) is 5.12. The lowest BCUT2D eigenvalue weighted by Crippen LogP contribution is -2.19. The monoisotopic (exact) mass is 402 g/mol. The summed E-state index contributed by atoms with van der Waals surface area (Å²) < 4.78 is 37.7. The van der Waals surface area contributed by atoms with Gasteiger partial charge in [0.25, 0.3) is 10.0 Å². The summed E-state index contributed by atoms with van der Waals surface area (Å²) in [7, 11) is -2.18. The van der Waals surface area contributed by atoms with Gasteiger partial charge in [-0.15, -0.1) is 15.7 Å². The Morgan fingerprint density at radius 3 is 2.71 bits per heavy atom. The summed E-state index contributed by atoms with van der Waals surface area (Å²) in [6.45, 7) is 3.00. The van der Waals surface area contributed by atoms with Crippen LogP contribution in [0, 0.1) is 6.92 Å². The van der Waals surface area contributed by atoms with Crippen LogP contribution in [0.2, 0.25) is 4.34 Å². The molecule has 0 saturated carbocycles. The second-order valence-electron chi connectivity index (χ2n) is 5.13. The Balaban J connectivity index is 2.20. The maximum atomic E-state index is 12.5. The van der Waals surface area contributed by atoms with Crippen LogP contribution in [0.25, 0.3) is 10.2 Å². The van der Waals surface area contributed by atoms with E-state index in [-0.39, 0.29) is 4.21 Å². The van der Waals surface area contributed by atoms with Crippen molar-refractivity contribution >= 4 is 54.5 Å². The summed E-state index contributed by atoms with van der Waals surface area (Å²) in [6, 6.07) is 9.03. The molecule has 9 heteroatoms. The summed E-state index contributed by atoms with van der Waals surface area (Å²) in [5, 5.41) is 0. The number of hydrogen-bond donors (Lipinski definition) is 0. The lowest BCUT2D eigenvalue weighted by molar-refractivity contribution is 0.187. The average Bonchev–Trinajstić information content (AvgIpc) is 3.08. The number of thiazole rings is 1. The Morgan fingerprint density at radius 1 is 1.25 bits per heavy atom. The third-order valence-electron chi connectivity index (χ3n) is 3.36. The predicted octanol–water partition coefficient (Wildman–Crippen LogP) is 3.66. The van der Waals surface area contributed by atoms with Gasteiger partial charge in [-0.25, -0.2) is 0 Å². The zero-order valence-corrected chi connectivity index (χ0v) is 16.2.